The molecule has 0 aliphatic rings. The standard InChI is InChI=1S/C14H20F2N3O7P/c1-7(18-5-3-4-14(17,12(15)16)13(21)22)10-9(26-27(23,24)25)6-19-8(2)11(10)20/h6,12,20H,3-5,17H2,1-2H3,(H,21,22)(H2,23,24,25). The summed E-state index contributed by atoms with van der Waals surface area (Å²) in [4.78, 5) is 36.5. The Balaban J connectivity index is 3.02. The highest BCUT2D eigenvalue weighted by molar-refractivity contribution is 7.46. The van der Waals surface area contributed by atoms with Crippen molar-refractivity contribution in [3.8, 4) is 11.5 Å². The summed E-state index contributed by atoms with van der Waals surface area (Å²) in [6, 6.07) is 0. The molecule has 0 bridgehead atoms. The number of phosphoric ester groups is 1. The lowest BCUT2D eigenvalue weighted by atomic mass is 9.95. The summed E-state index contributed by atoms with van der Waals surface area (Å²) in [5.74, 6) is -2.68. The number of aromatic nitrogens is 1. The van der Waals surface area contributed by atoms with Crippen molar-refractivity contribution in [2.24, 2.45) is 10.7 Å². The van der Waals surface area contributed by atoms with Gasteiger partial charge in [-0.15, -0.1) is 0 Å². The number of aromatic hydroxyl groups is 1. The number of aryl methyl sites for hydroxylation is 1. The summed E-state index contributed by atoms with van der Waals surface area (Å²) < 4.78 is 41.2. The summed E-state index contributed by atoms with van der Waals surface area (Å²) in [6.45, 7) is 2.70. The maximum Gasteiger partial charge on any atom is 0.524 e. The molecule has 1 atom stereocenters. The van der Waals surface area contributed by atoms with E-state index in [1.54, 1.807) is 0 Å². The van der Waals surface area contributed by atoms with Crippen LogP contribution in [0.15, 0.2) is 11.2 Å². The van der Waals surface area contributed by atoms with Gasteiger partial charge in [0, 0.05) is 12.3 Å². The molecule has 0 saturated heterocycles. The molecule has 0 aliphatic carbocycles. The quantitative estimate of drug-likeness (QED) is 0.227. The van der Waals surface area contributed by atoms with Crippen LogP contribution in [0.1, 0.15) is 31.0 Å². The minimum atomic E-state index is -4.94. The van der Waals surface area contributed by atoms with E-state index in [0.29, 0.717) is 0 Å². The Bertz CT molecular complexity index is 784. The predicted molar refractivity (Wildman–Crippen MR) is 90.2 cm³/mol. The molecule has 0 radical (unpaired) electrons. The molecule has 0 spiro atoms. The molecule has 1 aromatic heterocycles. The van der Waals surface area contributed by atoms with Crippen molar-refractivity contribution in [3.63, 3.8) is 0 Å². The summed E-state index contributed by atoms with van der Waals surface area (Å²) in [5, 5.41) is 18.9. The van der Waals surface area contributed by atoms with Gasteiger partial charge < -0.3 is 20.5 Å². The van der Waals surface area contributed by atoms with E-state index < -0.39 is 43.7 Å². The zero-order chi connectivity index (χ0) is 21.0. The first-order chi connectivity index (χ1) is 12.3. The number of aliphatic carboxylic acids is 1. The van der Waals surface area contributed by atoms with E-state index in [2.05, 4.69) is 14.5 Å². The zero-order valence-corrected chi connectivity index (χ0v) is 15.4. The molecular formula is C14H20F2N3O7P. The fourth-order valence-electron chi connectivity index (χ4n) is 2.13. The van der Waals surface area contributed by atoms with Crippen LogP contribution in [0.25, 0.3) is 0 Å². The maximum absolute atomic E-state index is 12.8. The molecule has 6 N–H and O–H groups in total. The van der Waals surface area contributed by atoms with Gasteiger partial charge in [-0.05, 0) is 26.7 Å². The van der Waals surface area contributed by atoms with Gasteiger partial charge in [0.2, 0.25) is 0 Å². The largest absolute Gasteiger partial charge is 0.524 e. The van der Waals surface area contributed by atoms with Crippen molar-refractivity contribution in [2.75, 3.05) is 6.54 Å². The van der Waals surface area contributed by atoms with Gasteiger partial charge in [0.1, 0.15) is 5.75 Å². The number of carbonyl (C=O) groups is 1. The van der Waals surface area contributed by atoms with Gasteiger partial charge in [-0.3, -0.25) is 19.8 Å². The van der Waals surface area contributed by atoms with Gasteiger partial charge in [-0.2, -0.15) is 0 Å². The number of alkyl halides is 2. The number of hydrogen-bond acceptors (Lipinski definition) is 7. The normalized spacial score (nSPS) is 14.9. The van der Waals surface area contributed by atoms with Gasteiger partial charge in [0.15, 0.2) is 11.3 Å². The average Bonchev–Trinajstić information content (AvgIpc) is 2.53. The highest BCUT2D eigenvalue weighted by Crippen LogP contribution is 2.41. The molecule has 10 nitrogen and oxygen atoms in total. The third-order valence-corrected chi connectivity index (χ3v) is 4.10. The van der Waals surface area contributed by atoms with Crippen molar-refractivity contribution in [2.45, 2.75) is 38.7 Å². The molecule has 0 fully saturated rings. The summed E-state index contributed by atoms with van der Waals surface area (Å²) in [6.07, 6.45) is -2.93. The molecule has 1 rings (SSSR count). The van der Waals surface area contributed by atoms with Crippen LogP contribution >= 0.6 is 7.82 Å². The number of nitrogens with zero attached hydrogens (tertiary/aromatic N) is 2. The van der Waals surface area contributed by atoms with E-state index in [4.69, 9.17) is 20.6 Å². The number of nitrogens with two attached hydrogens (primary N) is 1. The van der Waals surface area contributed by atoms with Gasteiger partial charge in [0.25, 0.3) is 6.43 Å². The molecule has 13 heteroatoms. The number of rotatable bonds is 9. The molecule has 0 aliphatic heterocycles. The van der Waals surface area contributed by atoms with Gasteiger partial charge in [-0.25, -0.2) is 18.1 Å². The van der Waals surface area contributed by atoms with Crippen LogP contribution in [0, 0.1) is 6.92 Å². The monoisotopic (exact) mass is 411 g/mol. The second-order valence-electron chi connectivity index (χ2n) is 5.73. The van der Waals surface area contributed by atoms with Gasteiger partial charge >= 0.3 is 13.8 Å². The second kappa shape index (κ2) is 8.70. The summed E-state index contributed by atoms with van der Waals surface area (Å²) in [7, 11) is -4.94. The van der Waals surface area contributed by atoms with E-state index in [9.17, 15) is 23.2 Å². The molecule has 27 heavy (non-hydrogen) atoms. The number of carboxylic acids is 1. The minimum Gasteiger partial charge on any atom is -0.505 e. The zero-order valence-electron chi connectivity index (χ0n) is 14.5. The Labute approximate surface area is 153 Å². The number of halogens is 2. The Kier molecular flexibility index (Phi) is 7.38. The van der Waals surface area contributed by atoms with Crippen LogP contribution in [0.4, 0.5) is 8.78 Å². The summed E-state index contributed by atoms with van der Waals surface area (Å²) >= 11 is 0. The van der Waals surface area contributed by atoms with Crippen LogP contribution in [0.2, 0.25) is 0 Å². The molecule has 0 saturated carbocycles. The lowest BCUT2D eigenvalue weighted by Gasteiger charge is -2.23. The molecule has 0 amide bonds. The van der Waals surface area contributed by atoms with Crippen LogP contribution in [-0.2, 0) is 9.36 Å². The third kappa shape index (κ3) is 5.93. The fourth-order valence-corrected chi connectivity index (χ4v) is 2.53. The van der Waals surface area contributed by atoms with E-state index in [0.717, 1.165) is 6.20 Å². The molecule has 1 heterocycles. The van der Waals surface area contributed by atoms with Gasteiger partial charge in [0.05, 0.1) is 17.5 Å². The fraction of sp³-hybridized carbons (Fsp3) is 0.500. The molecule has 1 unspecified atom stereocenters. The Hall–Kier alpha value is -2.14. The van der Waals surface area contributed by atoms with E-state index in [1.165, 1.54) is 13.8 Å². The number of carboxylic acid groups (broad SMARTS) is 1. The van der Waals surface area contributed by atoms with E-state index in [-0.39, 0.29) is 29.9 Å². The SMILES string of the molecule is CC(=NCCCC(N)(C(=O)O)C(F)F)c1c(OP(=O)(O)O)cnc(C)c1O. The Morgan fingerprint density at radius 3 is 2.56 bits per heavy atom. The van der Waals surface area contributed by atoms with Crippen molar-refractivity contribution in [1.29, 1.82) is 0 Å². The molecular weight excluding hydrogens is 391 g/mol. The van der Waals surface area contributed by atoms with Crippen LogP contribution < -0.4 is 10.3 Å². The third-order valence-electron chi connectivity index (χ3n) is 3.67. The second-order valence-corrected chi connectivity index (χ2v) is 6.89. The first kappa shape index (κ1) is 22.9. The molecule has 0 aromatic carbocycles. The first-order valence-corrected chi connectivity index (χ1v) is 9.08. The van der Waals surface area contributed by atoms with E-state index in [1.807, 2.05) is 0 Å². The topological polar surface area (TPSA) is 176 Å². The van der Waals surface area contributed by atoms with Gasteiger partial charge in [-0.1, -0.05) is 0 Å². The average molecular weight is 411 g/mol. The summed E-state index contributed by atoms with van der Waals surface area (Å²) in [5.41, 5.74) is 2.59. The Morgan fingerprint density at radius 2 is 2.07 bits per heavy atom. The van der Waals surface area contributed by atoms with Crippen molar-refractivity contribution < 1.29 is 42.7 Å². The van der Waals surface area contributed by atoms with Crippen molar-refractivity contribution in [1.82, 2.24) is 4.98 Å². The molecule has 152 valence electrons. The highest BCUT2D eigenvalue weighted by atomic mass is 31.2. The maximum atomic E-state index is 12.8. The van der Waals surface area contributed by atoms with Crippen LogP contribution in [-0.4, -0.2) is 55.2 Å². The van der Waals surface area contributed by atoms with Crippen LogP contribution in [0.3, 0.4) is 0 Å². The number of hydrogen-bond donors (Lipinski definition) is 5. The first-order valence-electron chi connectivity index (χ1n) is 7.55. The number of pyridine rings is 1. The van der Waals surface area contributed by atoms with Crippen LogP contribution in [0.5, 0.6) is 11.5 Å². The molecule has 1 aromatic rings. The van der Waals surface area contributed by atoms with Crippen molar-refractivity contribution in [3.05, 3.63) is 17.5 Å². The lowest BCUT2D eigenvalue weighted by molar-refractivity contribution is -0.150. The highest BCUT2D eigenvalue weighted by Gasteiger charge is 2.43. The predicted octanol–water partition coefficient (Wildman–Crippen LogP) is 1.20. The van der Waals surface area contributed by atoms with Crippen molar-refractivity contribution >= 4 is 19.5 Å². The minimum absolute atomic E-state index is 0.0800. The number of aliphatic imine (C=N–C) groups is 1. The smallest absolute Gasteiger partial charge is 0.505 e. The lowest BCUT2D eigenvalue weighted by Crippen LogP contribution is -2.54. The Morgan fingerprint density at radius 1 is 1.48 bits per heavy atom. The number of phosphoric acid groups is 1. The van der Waals surface area contributed by atoms with E-state index >= 15 is 0 Å².